The zero-order valence-electron chi connectivity index (χ0n) is 9.89. The fraction of sp³-hybridized carbons (Fsp3) is 0. The average molecular weight is 282 g/mol. The van der Waals surface area contributed by atoms with E-state index in [1.807, 2.05) is 0 Å². The molecule has 0 heterocycles. The second kappa shape index (κ2) is 8.03. The molecule has 0 rings (SSSR count). The molecule has 0 atom stereocenters. The minimum atomic E-state index is -1.54. The summed E-state index contributed by atoms with van der Waals surface area (Å²) in [5.74, 6) is -5.70. The molecule has 0 aliphatic carbocycles. The summed E-state index contributed by atoms with van der Waals surface area (Å²) in [5.41, 5.74) is -0.845. The molecule has 0 unspecified atom stereocenters. The van der Waals surface area contributed by atoms with Crippen molar-refractivity contribution in [2.24, 2.45) is 0 Å². The third-order valence-corrected chi connectivity index (χ3v) is 1.74. The number of hydrogen-bond acceptors (Lipinski definition) is 4. The van der Waals surface area contributed by atoms with Crippen LogP contribution in [0, 0.1) is 0 Å². The lowest BCUT2D eigenvalue weighted by atomic mass is 10.1. The highest BCUT2D eigenvalue weighted by molar-refractivity contribution is 5.95. The number of rotatable bonds is 7. The van der Waals surface area contributed by atoms with Crippen LogP contribution in [0.4, 0.5) is 0 Å². The van der Waals surface area contributed by atoms with E-state index in [0.29, 0.717) is 18.2 Å². The van der Waals surface area contributed by atoms with Gasteiger partial charge in [-0.2, -0.15) is 0 Å². The summed E-state index contributed by atoms with van der Waals surface area (Å²) in [5, 5.41) is 34.3. The molecule has 20 heavy (non-hydrogen) atoms. The molecule has 106 valence electrons. The first-order chi connectivity index (χ1) is 9.23. The summed E-state index contributed by atoms with van der Waals surface area (Å²) >= 11 is 0. The predicted octanol–water partition coefficient (Wildman–Crippen LogP) is 0.290. The fourth-order valence-corrected chi connectivity index (χ4v) is 1.00. The summed E-state index contributed by atoms with van der Waals surface area (Å²) in [7, 11) is 0. The number of hydrogen-bond donors (Lipinski definition) is 4. The van der Waals surface area contributed by atoms with Gasteiger partial charge in [-0.05, 0) is 23.8 Å². The van der Waals surface area contributed by atoms with E-state index in [0.717, 1.165) is 18.2 Å². The van der Waals surface area contributed by atoms with E-state index >= 15 is 0 Å². The van der Waals surface area contributed by atoms with Gasteiger partial charge in [0.25, 0.3) is 0 Å². The van der Waals surface area contributed by atoms with Gasteiger partial charge in [-0.3, -0.25) is 0 Å². The van der Waals surface area contributed by atoms with Crippen molar-refractivity contribution in [3.05, 3.63) is 47.6 Å². The number of carbonyl (C=O) groups is 4. The maximum atomic E-state index is 11.0. The molecule has 4 N–H and O–H groups in total. The highest BCUT2D eigenvalue weighted by Gasteiger charge is 2.09. The topological polar surface area (TPSA) is 149 Å². The molecule has 0 saturated heterocycles. The monoisotopic (exact) mass is 282 g/mol. The molecule has 0 aliphatic rings. The lowest BCUT2D eigenvalue weighted by Crippen LogP contribution is -2.02. The predicted molar refractivity (Wildman–Crippen MR) is 65.0 cm³/mol. The second-order valence-electron chi connectivity index (χ2n) is 3.19. The highest BCUT2D eigenvalue weighted by Crippen LogP contribution is 2.11. The van der Waals surface area contributed by atoms with Crippen LogP contribution in [0.15, 0.2) is 47.6 Å². The Morgan fingerprint density at radius 1 is 0.550 bits per heavy atom. The van der Waals surface area contributed by atoms with Gasteiger partial charge in [-0.1, -0.05) is 0 Å². The molecule has 0 spiro atoms. The molecule has 0 saturated carbocycles. The molecule has 0 aromatic carbocycles. The van der Waals surface area contributed by atoms with E-state index in [1.54, 1.807) is 0 Å². The lowest BCUT2D eigenvalue weighted by Gasteiger charge is -2.00. The average Bonchev–Trinajstić information content (AvgIpc) is 2.30. The number of allylic oxidation sites excluding steroid dienone is 3. The number of carboxylic acids is 4. The number of carboxylic acid groups (broad SMARTS) is 4. The van der Waals surface area contributed by atoms with Crippen molar-refractivity contribution < 1.29 is 39.6 Å². The van der Waals surface area contributed by atoms with Gasteiger partial charge in [0, 0.05) is 18.2 Å². The minimum Gasteiger partial charge on any atom is -0.478 e. The molecule has 0 aromatic rings. The Morgan fingerprint density at radius 3 is 1.20 bits per heavy atom. The highest BCUT2D eigenvalue weighted by atomic mass is 16.4. The van der Waals surface area contributed by atoms with Crippen molar-refractivity contribution in [3.63, 3.8) is 0 Å². The van der Waals surface area contributed by atoms with Gasteiger partial charge < -0.3 is 20.4 Å². The Morgan fingerprint density at radius 2 is 0.900 bits per heavy atom. The fourth-order valence-electron chi connectivity index (χ4n) is 1.00. The van der Waals surface area contributed by atoms with Crippen LogP contribution in [0.5, 0.6) is 0 Å². The zero-order valence-corrected chi connectivity index (χ0v) is 9.89. The van der Waals surface area contributed by atoms with Gasteiger partial charge in [-0.25, -0.2) is 19.2 Å². The first-order valence-electron chi connectivity index (χ1n) is 4.94. The maximum Gasteiger partial charge on any atom is 0.336 e. The third kappa shape index (κ3) is 7.22. The minimum absolute atomic E-state index is 0.278. The van der Waals surface area contributed by atoms with Crippen molar-refractivity contribution in [1.29, 1.82) is 0 Å². The van der Waals surface area contributed by atoms with Gasteiger partial charge in [0.1, 0.15) is 0 Å². The van der Waals surface area contributed by atoms with Crippen molar-refractivity contribution in [2.75, 3.05) is 0 Å². The Labute approximate surface area is 112 Å². The molecule has 8 heteroatoms. The Hall–Kier alpha value is -3.16. The smallest absolute Gasteiger partial charge is 0.336 e. The van der Waals surface area contributed by atoms with Crippen LogP contribution < -0.4 is 0 Å². The molecular formula is C12H10O8. The molecule has 0 amide bonds. The molecule has 0 aromatic heterocycles. The Bertz CT molecular complexity index is 522. The van der Waals surface area contributed by atoms with Crippen LogP contribution in [0.3, 0.4) is 0 Å². The lowest BCUT2D eigenvalue weighted by molar-refractivity contribution is -0.133. The normalized spacial score (nSPS) is 11.0. The van der Waals surface area contributed by atoms with E-state index < -0.39 is 29.5 Å². The van der Waals surface area contributed by atoms with Crippen molar-refractivity contribution >= 4 is 23.9 Å². The second-order valence-corrected chi connectivity index (χ2v) is 3.19. The van der Waals surface area contributed by atoms with Gasteiger partial charge >= 0.3 is 23.9 Å². The SMILES string of the molecule is O=C(O)C=CC(C=CC(=O)O)=C(C=CC(=O)O)C(=O)O. The summed E-state index contributed by atoms with van der Waals surface area (Å²) in [6, 6.07) is 0. The summed E-state index contributed by atoms with van der Waals surface area (Å²) in [4.78, 5) is 42.1. The van der Waals surface area contributed by atoms with E-state index in [-0.39, 0.29) is 5.57 Å². The summed E-state index contributed by atoms with van der Waals surface area (Å²) in [6.45, 7) is 0. The maximum absolute atomic E-state index is 11.0. The summed E-state index contributed by atoms with van der Waals surface area (Å²) < 4.78 is 0. The van der Waals surface area contributed by atoms with Crippen LogP contribution in [0.2, 0.25) is 0 Å². The van der Waals surface area contributed by atoms with E-state index in [4.69, 9.17) is 20.4 Å². The van der Waals surface area contributed by atoms with E-state index in [9.17, 15) is 19.2 Å². The quantitative estimate of drug-likeness (QED) is 0.384. The third-order valence-electron chi connectivity index (χ3n) is 1.74. The molecule has 8 nitrogen and oxygen atoms in total. The van der Waals surface area contributed by atoms with Crippen molar-refractivity contribution in [2.45, 2.75) is 0 Å². The van der Waals surface area contributed by atoms with Crippen LogP contribution in [0.25, 0.3) is 0 Å². The van der Waals surface area contributed by atoms with E-state index in [1.165, 1.54) is 0 Å². The molecule has 0 aliphatic heterocycles. The first-order valence-corrected chi connectivity index (χ1v) is 4.94. The Balaban J connectivity index is 5.85. The van der Waals surface area contributed by atoms with Crippen LogP contribution >= 0.6 is 0 Å². The standard InChI is InChI=1S/C12H10O8/c13-9(14)4-1-7(2-5-10(15)16)8(12(19)20)3-6-11(17)18/h1-6H,(H,13,14)(H,15,16)(H,17,18)(H,19,20). The number of aliphatic carboxylic acids is 4. The Kier molecular flexibility index (Phi) is 6.76. The van der Waals surface area contributed by atoms with E-state index in [2.05, 4.69) is 0 Å². The van der Waals surface area contributed by atoms with Gasteiger partial charge in [0.05, 0.1) is 5.57 Å². The molecule has 0 bridgehead atoms. The first kappa shape index (κ1) is 16.8. The summed E-state index contributed by atoms with van der Waals surface area (Å²) in [6.07, 6.45) is 4.14. The van der Waals surface area contributed by atoms with Gasteiger partial charge in [0.15, 0.2) is 0 Å². The van der Waals surface area contributed by atoms with Crippen LogP contribution in [-0.2, 0) is 19.2 Å². The van der Waals surface area contributed by atoms with Crippen LogP contribution in [0.1, 0.15) is 0 Å². The molecular weight excluding hydrogens is 272 g/mol. The van der Waals surface area contributed by atoms with Gasteiger partial charge in [0.2, 0.25) is 0 Å². The zero-order chi connectivity index (χ0) is 15.7. The molecule has 0 radical (unpaired) electrons. The van der Waals surface area contributed by atoms with Crippen molar-refractivity contribution in [3.8, 4) is 0 Å². The van der Waals surface area contributed by atoms with Crippen molar-refractivity contribution in [1.82, 2.24) is 0 Å². The van der Waals surface area contributed by atoms with Crippen LogP contribution in [-0.4, -0.2) is 44.3 Å². The largest absolute Gasteiger partial charge is 0.478 e. The molecule has 0 fully saturated rings. The van der Waals surface area contributed by atoms with Gasteiger partial charge in [-0.15, -0.1) is 0 Å².